The molecule has 3 heterocycles. The highest BCUT2D eigenvalue weighted by atomic mass is 19.4. The summed E-state index contributed by atoms with van der Waals surface area (Å²) in [5, 5.41) is 2.90. The first kappa shape index (κ1) is 26.0. The molecule has 3 aromatic rings. The van der Waals surface area contributed by atoms with Crippen molar-refractivity contribution in [2.45, 2.75) is 32.0 Å². The molecule has 1 aromatic carbocycles. The Labute approximate surface area is 209 Å². The van der Waals surface area contributed by atoms with E-state index in [0.29, 0.717) is 29.7 Å². The zero-order valence-corrected chi connectivity index (χ0v) is 19.8. The van der Waals surface area contributed by atoms with Crippen molar-refractivity contribution in [3.63, 3.8) is 0 Å². The minimum atomic E-state index is -4.77. The second kappa shape index (κ2) is 10.9. The number of aromatic nitrogens is 3. The molecule has 8 nitrogen and oxygen atoms in total. The number of esters is 1. The number of nitrogens with one attached hydrogen (secondary N) is 1. The molecule has 37 heavy (non-hydrogen) atoms. The molecule has 1 aliphatic rings. The smallest absolute Gasteiger partial charge is 0.451 e. The molecule has 0 aliphatic carbocycles. The number of carbonyl (C=O) groups excluding carboxylic acids is 2. The average molecular weight is 517 g/mol. The summed E-state index contributed by atoms with van der Waals surface area (Å²) in [6.45, 7) is 2.14. The highest BCUT2D eigenvalue weighted by Gasteiger charge is 2.37. The van der Waals surface area contributed by atoms with E-state index in [1.54, 1.807) is 36.1 Å². The third-order valence-electron chi connectivity index (χ3n) is 5.79. The number of hydrogen-bond acceptors (Lipinski definition) is 7. The molecule has 1 N–H and O–H groups in total. The second-order valence-electron chi connectivity index (χ2n) is 8.33. The van der Waals surface area contributed by atoms with Crippen LogP contribution in [0.1, 0.15) is 46.3 Å². The Bertz CT molecular complexity index is 1280. The van der Waals surface area contributed by atoms with Crippen molar-refractivity contribution in [3.8, 4) is 11.3 Å². The van der Waals surface area contributed by atoms with E-state index >= 15 is 0 Å². The number of benzene rings is 1. The van der Waals surface area contributed by atoms with Crippen LogP contribution in [-0.2, 0) is 10.9 Å². The van der Waals surface area contributed by atoms with Crippen molar-refractivity contribution in [2.24, 2.45) is 0 Å². The quantitative estimate of drug-likeness (QED) is 0.385. The molecule has 1 fully saturated rings. The second-order valence-corrected chi connectivity index (χ2v) is 8.33. The Kier molecular flexibility index (Phi) is 7.65. The molecule has 4 rings (SSSR count). The number of anilines is 1. The highest BCUT2D eigenvalue weighted by Crippen LogP contribution is 2.30. The van der Waals surface area contributed by atoms with Crippen LogP contribution in [0.3, 0.4) is 0 Å². The van der Waals surface area contributed by atoms with Crippen LogP contribution >= 0.6 is 0 Å². The first-order valence-corrected chi connectivity index (χ1v) is 11.5. The van der Waals surface area contributed by atoms with Gasteiger partial charge in [-0.1, -0.05) is 12.1 Å². The van der Waals surface area contributed by atoms with E-state index in [1.807, 2.05) is 0 Å². The molecule has 0 spiro atoms. The summed E-state index contributed by atoms with van der Waals surface area (Å²) in [7, 11) is 0. The van der Waals surface area contributed by atoms with Crippen LogP contribution in [-0.4, -0.2) is 52.6 Å². The number of alkyl halides is 3. The molecule has 0 saturated carbocycles. The van der Waals surface area contributed by atoms with Crippen LogP contribution in [0.2, 0.25) is 0 Å². The molecule has 194 valence electrons. The van der Waals surface area contributed by atoms with Gasteiger partial charge in [0.1, 0.15) is 17.2 Å². The van der Waals surface area contributed by atoms with Gasteiger partial charge >= 0.3 is 12.1 Å². The summed E-state index contributed by atoms with van der Waals surface area (Å²) in [4.78, 5) is 37.7. The Morgan fingerprint density at radius 1 is 1.11 bits per heavy atom. The molecule has 1 aliphatic heterocycles. The Morgan fingerprint density at radius 2 is 1.86 bits per heavy atom. The summed E-state index contributed by atoms with van der Waals surface area (Å²) >= 11 is 0. The Hall–Kier alpha value is -4.09. The molecule has 1 saturated heterocycles. The lowest BCUT2D eigenvalue weighted by molar-refractivity contribution is -0.144. The number of piperidine rings is 1. The van der Waals surface area contributed by atoms with Gasteiger partial charge in [-0.3, -0.25) is 9.78 Å². The van der Waals surface area contributed by atoms with Gasteiger partial charge in [0, 0.05) is 37.1 Å². The maximum absolute atomic E-state index is 13.4. The lowest BCUT2D eigenvalue weighted by atomic mass is 10.0. The zero-order valence-electron chi connectivity index (χ0n) is 19.8. The van der Waals surface area contributed by atoms with Crippen molar-refractivity contribution in [3.05, 3.63) is 71.6 Å². The van der Waals surface area contributed by atoms with Gasteiger partial charge in [0.2, 0.25) is 5.82 Å². The maximum Gasteiger partial charge on any atom is 0.451 e. The molecule has 1 amide bonds. The van der Waals surface area contributed by atoms with Crippen LogP contribution in [0.25, 0.3) is 11.3 Å². The number of halogens is 4. The lowest BCUT2D eigenvalue weighted by Gasteiger charge is -2.34. The maximum atomic E-state index is 13.4. The number of pyridine rings is 1. The van der Waals surface area contributed by atoms with Crippen LogP contribution < -0.4 is 10.2 Å². The van der Waals surface area contributed by atoms with Gasteiger partial charge < -0.3 is 15.0 Å². The van der Waals surface area contributed by atoms with E-state index in [0.717, 1.165) is 6.20 Å². The Morgan fingerprint density at radius 3 is 2.49 bits per heavy atom. The minimum absolute atomic E-state index is 0.0471. The van der Waals surface area contributed by atoms with Crippen LogP contribution in [0.15, 0.2) is 48.8 Å². The SMILES string of the molecule is CCOC(=O)c1cnc(C(F)(F)F)nc1N1CCC(NC(=O)c2ccc(-c3cccc(F)c3)nc2)CC1. The van der Waals surface area contributed by atoms with E-state index in [9.17, 15) is 27.2 Å². The highest BCUT2D eigenvalue weighted by molar-refractivity contribution is 5.95. The summed E-state index contributed by atoms with van der Waals surface area (Å²) in [6, 6.07) is 8.91. The van der Waals surface area contributed by atoms with E-state index in [2.05, 4.69) is 20.3 Å². The van der Waals surface area contributed by atoms with E-state index < -0.39 is 23.8 Å². The van der Waals surface area contributed by atoms with Gasteiger partial charge in [-0.05, 0) is 44.0 Å². The van der Waals surface area contributed by atoms with Crippen molar-refractivity contribution in [2.75, 3.05) is 24.6 Å². The largest absolute Gasteiger partial charge is 0.462 e. The summed E-state index contributed by atoms with van der Waals surface area (Å²) in [5.41, 5.74) is 1.27. The molecular formula is C25H23F4N5O3. The molecule has 0 atom stereocenters. The van der Waals surface area contributed by atoms with Gasteiger partial charge in [-0.2, -0.15) is 13.2 Å². The molecule has 12 heteroatoms. The molecule has 0 bridgehead atoms. The third-order valence-corrected chi connectivity index (χ3v) is 5.79. The van der Waals surface area contributed by atoms with Crippen molar-refractivity contribution < 1.29 is 31.9 Å². The van der Waals surface area contributed by atoms with E-state index in [4.69, 9.17) is 4.74 Å². The number of nitrogens with zero attached hydrogens (tertiary/aromatic N) is 4. The summed E-state index contributed by atoms with van der Waals surface area (Å²) < 4.78 is 58.0. The first-order valence-electron chi connectivity index (χ1n) is 11.5. The number of rotatable bonds is 6. The number of hydrogen-bond donors (Lipinski definition) is 1. The minimum Gasteiger partial charge on any atom is -0.462 e. The third kappa shape index (κ3) is 6.19. The van der Waals surface area contributed by atoms with Gasteiger partial charge in [0.25, 0.3) is 5.91 Å². The van der Waals surface area contributed by atoms with Crippen LogP contribution in [0.4, 0.5) is 23.4 Å². The fourth-order valence-electron chi connectivity index (χ4n) is 3.95. The monoisotopic (exact) mass is 517 g/mol. The fourth-order valence-corrected chi connectivity index (χ4v) is 3.95. The first-order chi connectivity index (χ1) is 17.7. The zero-order chi connectivity index (χ0) is 26.6. The average Bonchev–Trinajstić information content (AvgIpc) is 2.88. The van der Waals surface area contributed by atoms with Gasteiger partial charge in [-0.15, -0.1) is 0 Å². The Balaban J connectivity index is 1.41. The molecule has 0 unspecified atom stereocenters. The standard InChI is InChI=1S/C25H23F4N5O3/c1-2-37-23(36)19-14-31-24(25(27,28)29)33-21(19)34-10-8-18(9-11-34)32-22(35)16-6-7-20(30-13-16)15-4-3-5-17(26)12-15/h3-7,12-14,18H,2,8-11H2,1H3,(H,32,35). The molecule has 2 aromatic heterocycles. The fraction of sp³-hybridized carbons (Fsp3) is 0.320. The van der Waals surface area contributed by atoms with E-state index in [1.165, 1.54) is 18.3 Å². The van der Waals surface area contributed by atoms with Crippen LogP contribution in [0, 0.1) is 5.82 Å². The number of amides is 1. The predicted octanol–water partition coefficient (Wildman–Crippen LogP) is 4.27. The number of ether oxygens (including phenoxy) is 1. The van der Waals surface area contributed by atoms with Crippen molar-refractivity contribution in [1.29, 1.82) is 0 Å². The summed E-state index contributed by atoms with van der Waals surface area (Å²) in [5.74, 6) is -3.05. The summed E-state index contributed by atoms with van der Waals surface area (Å²) in [6.07, 6.45) is -1.72. The predicted molar refractivity (Wildman–Crippen MR) is 125 cm³/mol. The molecule has 0 radical (unpaired) electrons. The number of carbonyl (C=O) groups is 2. The van der Waals surface area contributed by atoms with Gasteiger partial charge in [0.05, 0.1) is 17.9 Å². The molecular weight excluding hydrogens is 494 g/mol. The lowest BCUT2D eigenvalue weighted by Crippen LogP contribution is -2.45. The van der Waals surface area contributed by atoms with Gasteiger partial charge in [-0.25, -0.2) is 19.2 Å². The van der Waals surface area contributed by atoms with Crippen LogP contribution in [0.5, 0.6) is 0 Å². The van der Waals surface area contributed by atoms with Crippen molar-refractivity contribution >= 4 is 17.7 Å². The van der Waals surface area contributed by atoms with Crippen molar-refractivity contribution in [1.82, 2.24) is 20.3 Å². The topological polar surface area (TPSA) is 97.3 Å². The van der Waals surface area contributed by atoms with E-state index in [-0.39, 0.29) is 43.0 Å². The van der Waals surface area contributed by atoms with Gasteiger partial charge in [0.15, 0.2) is 0 Å². The normalized spacial score (nSPS) is 14.4.